The van der Waals surface area contributed by atoms with Crippen LogP contribution in [0.15, 0.2) is 0 Å². The fourth-order valence-corrected chi connectivity index (χ4v) is 14.3. The van der Waals surface area contributed by atoms with E-state index in [1.165, 1.54) is 238 Å². The summed E-state index contributed by atoms with van der Waals surface area (Å²) in [6, 6.07) is 0. The summed E-state index contributed by atoms with van der Waals surface area (Å²) >= 11 is 0. The highest BCUT2D eigenvalue weighted by molar-refractivity contribution is 7.47. The molecule has 101 heavy (non-hydrogen) atoms. The molecule has 0 aromatic rings. The number of aliphatic hydroxyl groups excluding tert-OH is 1. The Hall–Kier alpha value is -1.94. The molecular weight excluding hydrogens is 1320 g/mol. The number of hydrogen-bond acceptors (Lipinski definition) is 15. The molecule has 600 valence electrons. The molecule has 19 heteroatoms. The van der Waals surface area contributed by atoms with Gasteiger partial charge in [0.1, 0.15) is 19.3 Å². The van der Waals surface area contributed by atoms with Crippen molar-refractivity contribution in [2.75, 3.05) is 39.6 Å². The lowest BCUT2D eigenvalue weighted by atomic mass is 10.0. The third-order valence-corrected chi connectivity index (χ3v) is 21.1. The quantitative estimate of drug-likeness (QED) is 0.0222. The number of unbranched alkanes of at least 4 members (excludes halogenated alkanes) is 51. The maximum absolute atomic E-state index is 13.1. The van der Waals surface area contributed by atoms with Crippen LogP contribution in [0.25, 0.3) is 0 Å². The average molecular weight is 1480 g/mol. The number of aliphatic hydroxyl groups is 1. The van der Waals surface area contributed by atoms with Crippen LogP contribution in [0.1, 0.15) is 433 Å². The van der Waals surface area contributed by atoms with E-state index >= 15 is 0 Å². The molecule has 2 unspecified atom stereocenters. The fourth-order valence-electron chi connectivity index (χ4n) is 12.7. The van der Waals surface area contributed by atoms with Gasteiger partial charge in [0.15, 0.2) is 12.2 Å². The van der Waals surface area contributed by atoms with Crippen LogP contribution in [0.5, 0.6) is 0 Å². The van der Waals surface area contributed by atoms with Crippen molar-refractivity contribution in [3.8, 4) is 0 Å². The highest BCUT2D eigenvalue weighted by Crippen LogP contribution is 2.45. The second kappa shape index (κ2) is 73.6. The molecule has 0 amide bonds. The third kappa shape index (κ3) is 76.1. The van der Waals surface area contributed by atoms with Gasteiger partial charge in [-0.25, -0.2) is 9.13 Å². The van der Waals surface area contributed by atoms with E-state index in [9.17, 15) is 43.2 Å². The Labute approximate surface area is 619 Å². The van der Waals surface area contributed by atoms with Crippen molar-refractivity contribution in [2.24, 2.45) is 11.8 Å². The van der Waals surface area contributed by atoms with Gasteiger partial charge in [-0.15, -0.1) is 0 Å². The minimum Gasteiger partial charge on any atom is -0.462 e. The molecule has 3 N–H and O–H groups in total. The van der Waals surface area contributed by atoms with Gasteiger partial charge in [0.25, 0.3) is 0 Å². The number of phosphoric acid groups is 2. The van der Waals surface area contributed by atoms with Gasteiger partial charge >= 0.3 is 39.5 Å². The van der Waals surface area contributed by atoms with E-state index in [0.29, 0.717) is 25.7 Å². The number of carbonyl (C=O) groups is 4. The molecule has 0 aromatic heterocycles. The molecule has 0 spiro atoms. The zero-order valence-corrected chi connectivity index (χ0v) is 68.0. The minimum atomic E-state index is -4.96. The molecule has 0 fully saturated rings. The zero-order chi connectivity index (χ0) is 74.2. The number of rotatable bonds is 81. The molecule has 0 aliphatic rings. The van der Waals surface area contributed by atoms with E-state index in [0.717, 1.165) is 115 Å². The van der Waals surface area contributed by atoms with Crippen LogP contribution in [0.4, 0.5) is 0 Å². The maximum Gasteiger partial charge on any atom is 0.472 e. The van der Waals surface area contributed by atoms with Crippen molar-refractivity contribution < 1.29 is 80.2 Å². The van der Waals surface area contributed by atoms with E-state index in [4.69, 9.17) is 37.0 Å². The van der Waals surface area contributed by atoms with E-state index < -0.39 is 97.5 Å². The summed E-state index contributed by atoms with van der Waals surface area (Å²) in [6.45, 7) is 9.67. The largest absolute Gasteiger partial charge is 0.472 e. The summed E-state index contributed by atoms with van der Waals surface area (Å²) in [4.78, 5) is 72.9. The molecule has 0 heterocycles. The highest BCUT2D eigenvalue weighted by atomic mass is 31.2. The molecule has 0 aliphatic carbocycles. The Bertz CT molecular complexity index is 1940. The van der Waals surface area contributed by atoms with Crippen molar-refractivity contribution in [2.45, 2.75) is 452 Å². The van der Waals surface area contributed by atoms with Gasteiger partial charge in [-0.1, -0.05) is 382 Å². The van der Waals surface area contributed by atoms with Gasteiger partial charge in [0.05, 0.1) is 26.4 Å². The molecule has 0 bridgehead atoms. The van der Waals surface area contributed by atoms with Gasteiger partial charge in [0.2, 0.25) is 0 Å². The van der Waals surface area contributed by atoms with Crippen LogP contribution in [0.3, 0.4) is 0 Å². The molecule has 0 saturated heterocycles. The Morgan fingerprint density at radius 1 is 0.267 bits per heavy atom. The van der Waals surface area contributed by atoms with Crippen LogP contribution in [0.2, 0.25) is 0 Å². The fraction of sp³-hybridized carbons (Fsp3) is 0.951. The van der Waals surface area contributed by atoms with E-state index in [1.54, 1.807) is 0 Å². The maximum atomic E-state index is 13.1. The zero-order valence-electron chi connectivity index (χ0n) is 66.2. The normalized spacial score (nSPS) is 13.9. The van der Waals surface area contributed by atoms with Crippen LogP contribution in [0, 0.1) is 11.8 Å². The van der Waals surface area contributed by atoms with Gasteiger partial charge in [-0.05, 0) is 37.5 Å². The molecule has 17 nitrogen and oxygen atoms in total. The summed E-state index contributed by atoms with van der Waals surface area (Å²) in [5.74, 6) is -0.478. The first-order valence-corrected chi connectivity index (χ1v) is 45.5. The number of ether oxygens (including phenoxy) is 4. The summed E-state index contributed by atoms with van der Waals surface area (Å²) < 4.78 is 68.6. The molecule has 0 aromatic carbocycles. The first-order chi connectivity index (χ1) is 48.9. The van der Waals surface area contributed by atoms with Crippen LogP contribution in [-0.4, -0.2) is 96.7 Å². The molecule has 0 saturated carbocycles. The third-order valence-electron chi connectivity index (χ3n) is 19.2. The van der Waals surface area contributed by atoms with E-state index in [2.05, 4.69) is 41.5 Å². The Morgan fingerprint density at radius 3 is 0.673 bits per heavy atom. The molecular formula is C82H160O17P2. The predicted octanol–water partition coefficient (Wildman–Crippen LogP) is 24.7. The topological polar surface area (TPSA) is 237 Å². The van der Waals surface area contributed by atoms with E-state index in [-0.39, 0.29) is 25.7 Å². The van der Waals surface area contributed by atoms with E-state index in [1.807, 2.05) is 0 Å². The lowest BCUT2D eigenvalue weighted by Crippen LogP contribution is -2.30. The van der Waals surface area contributed by atoms with Crippen molar-refractivity contribution >= 4 is 39.5 Å². The number of esters is 4. The molecule has 0 radical (unpaired) electrons. The van der Waals surface area contributed by atoms with Gasteiger partial charge in [0, 0.05) is 25.7 Å². The summed E-state index contributed by atoms with van der Waals surface area (Å²) in [5, 5.41) is 10.6. The number of carbonyl (C=O) groups excluding carboxylic acids is 4. The second-order valence-corrected chi connectivity index (χ2v) is 33.4. The molecule has 5 atom stereocenters. The van der Waals surface area contributed by atoms with Gasteiger partial charge in [-0.3, -0.25) is 37.3 Å². The van der Waals surface area contributed by atoms with Crippen LogP contribution >= 0.6 is 15.6 Å². The average Bonchev–Trinajstić information content (AvgIpc) is 0.985. The summed E-state index contributed by atoms with van der Waals surface area (Å²) in [6.07, 6.45) is 64.0. The Balaban J connectivity index is 5.17. The van der Waals surface area contributed by atoms with Gasteiger partial charge in [-0.2, -0.15) is 0 Å². The monoisotopic (exact) mass is 1480 g/mol. The summed E-state index contributed by atoms with van der Waals surface area (Å²) in [5.41, 5.74) is 0. The minimum absolute atomic E-state index is 0.108. The second-order valence-electron chi connectivity index (χ2n) is 30.5. The summed E-state index contributed by atoms with van der Waals surface area (Å²) in [7, 11) is -9.91. The predicted molar refractivity (Wildman–Crippen MR) is 414 cm³/mol. The standard InChI is InChI=1S/C82H160O17P2/c1-7-9-11-13-15-16-17-18-31-37-42-48-54-60-66-81(86)98-77(70-92-79(84)64-58-52-44-14-12-10-8-2)72-96-100(88,89)94-68-76(83)69-95-101(90,91)97-73-78(71-93-80(85)65-59-53-47-41-36-32-27-24-23-26-30-35-40-46-51-57-63-75(5)6)99-82(87)67-61-55-49-43-38-33-28-22-20-19-21-25-29-34-39-45-50-56-62-74(3)4/h74-78,83H,7-73H2,1-6H3,(H,88,89)(H,90,91)/t76-,77+,78+/m0/s1. The SMILES string of the molecule is CCCCCCCCCCCCCCCCC(=O)O[C@H](COC(=O)CCCCCCCCC)COP(=O)(O)OC[C@H](O)COP(=O)(O)OC[C@@H](COC(=O)CCCCCCCCCCCCCCCCCCC(C)C)OC(=O)CCCCCCCCCCCCCCCCCCCCC(C)C. The van der Waals surface area contributed by atoms with Crippen molar-refractivity contribution in [3.05, 3.63) is 0 Å². The number of hydrogen-bond donors (Lipinski definition) is 3. The lowest BCUT2D eigenvalue weighted by molar-refractivity contribution is -0.161. The van der Waals surface area contributed by atoms with Crippen molar-refractivity contribution in [1.82, 2.24) is 0 Å². The first-order valence-electron chi connectivity index (χ1n) is 42.5. The lowest BCUT2D eigenvalue weighted by Gasteiger charge is -2.21. The van der Waals surface area contributed by atoms with Gasteiger partial charge < -0.3 is 33.8 Å². The Kier molecular flexibility index (Phi) is 72.2. The molecule has 0 aliphatic heterocycles. The van der Waals surface area contributed by atoms with Crippen molar-refractivity contribution in [3.63, 3.8) is 0 Å². The smallest absolute Gasteiger partial charge is 0.462 e. The Morgan fingerprint density at radius 2 is 0.455 bits per heavy atom. The highest BCUT2D eigenvalue weighted by Gasteiger charge is 2.30. The number of phosphoric ester groups is 2. The van der Waals surface area contributed by atoms with Crippen LogP contribution in [-0.2, 0) is 65.4 Å². The molecule has 0 rings (SSSR count). The van der Waals surface area contributed by atoms with Crippen LogP contribution < -0.4 is 0 Å². The van der Waals surface area contributed by atoms with Crippen molar-refractivity contribution in [1.29, 1.82) is 0 Å². The first kappa shape index (κ1) is 99.1.